The maximum absolute atomic E-state index is 11.0. The van der Waals surface area contributed by atoms with Gasteiger partial charge in [0.2, 0.25) is 0 Å². The van der Waals surface area contributed by atoms with Crippen molar-refractivity contribution in [3.05, 3.63) is 54.1 Å². The zero-order valence-electron chi connectivity index (χ0n) is 13.2. The second kappa shape index (κ2) is 6.42. The predicted molar refractivity (Wildman–Crippen MR) is 88.2 cm³/mol. The van der Waals surface area contributed by atoms with Crippen molar-refractivity contribution in [2.45, 2.75) is 26.1 Å². The summed E-state index contributed by atoms with van der Waals surface area (Å²) in [7, 11) is 0. The summed E-state index contributed by atoms with van der Waals surface area (Å²) in [4.78, 5) is 11.0. The molecule has 1 N–H and O–H groups in total. The van der Waals surface area contributed by atoms with Crippen LogP contribution in [-0.2, 0) is 14.3 Å². The average molecular weight is 312 g/mol. The van der Waals surface area contributed by atoms with Gasteiger partial charge in [-0.15, -0.1) is 0 Å². The molecule has 0 aromatic heterocycles. The van der Waals surface area contributed by atoms with Crippen LogP contribution in [0.5, 0.6) is 5.75 Å². The molecule has 4 nitrogen and oxygen atoms in total. The van der Waals surface area contributed by atoms with E-state index in [-0.39, 0.29) is 36.5 Å². The van der Waals surface area contributed by atoms with Gasteiger partial charge in [0.1, 0.15) is 18.5 Å². The molecule has 0 saturated carbocycles. The van der Waals surface area contributed by atoms with Crippen LogP contribution in [0.2, 0.25) is 0 Å². The van der Waals surface area contributed by atoms with Crippen LogP contribution in [-0.4, -0.2) is 23.8 Å². The number of carbonyl (C=O) groups is 1. The lowest BCUT2D eigenvalue weighted by Crippen LogP contribution is -2.31. The fourth-order valence-corrected chi connectivity index (χ4v) is 2.77. The van der Waals surface area contributed by atoms with Gasteiger partial charge in [-0.2, -0.15) is 0 Å². The third-order valence-corrected chi connectivity index (χ3v) is 4.12. The molecule has 0 amide bonds. The van der Waals surface area contributed by atoms with E-state index in [0.29, 0.717) is 0 Å². The molecule has 0 saturated heterocycles. The highest BCUT2D eigenvalue weighted by molar-refractivity contribution is 5.84. The molecule has 2 aromatic carbocycles. The third kappa shape index (κ3) is 3.54. The first-order valence-corrected chi connectivity index (χ1v) is 7.73. The van der Waals surface area contributed by atoms with Crippen LogP contribution in [0.25, 0.3) is 10.8 Å². The van der Waals surface area contributed by atoms with E-state index in [0.717, 1.165) is 16.3 Å². The van der Waals surface area contributed by atoms with E-state index < -0.39 is 0 Å². The van der Waals surface area contributed by atoms with Gasteiger partial charge < -0.3 is 14.6 Å². The molecule has 0 aliphatic carbocycles. The summed E-state index contributed by atoms with van der Waals surface area (Å²) in [5.74, 6) is 0.162. The lowest BCUT2D eigenvalue weighted by Gasteiger charge is -2.30. The molecule has 1 heterocycles. The third-order valence-electron chi connectivity index (χ3n) is 4.12. The van der Waals surface area contributed by atoms with Crippen molar-refractivity contribution in [2.75, 3.05) is 6.61 Å². The minimum Gasteiger partial charge on any atom is -0.508 e. The minimum absolute atomic E-state index is 0.149. The number of aromatic hydroxyl groups is 1. The van der Waals surface area contributed by atoms with Crippen LogP contribution < -0.4 is 0 Å². The molecule has 0 radical (unpaired) electrons. The molecule has 120 valence electrons. The molecular weight excluding hydrogens is 292 g/mol. The van der Waals surface area contributed by atoms with Crippen LogP contribution in [0.4, 0.5) is 0 Å². The van der Waals surface area contributed by atoms with Crippen LogP contribution >= 0.6 is 0 Å². The van der Waals surface area contributed by atoms with Gasteiger partial charge in [-0.1, -0.05) is 37.3 Å². The van der Waals surface area contributed by atoms with Crippen molar-refractivity contribution in [2.24, 2.45) is 5.92 Å². The van der Waals surface area contributed by atoms with Crippen molar-refractivity contribution in [3.63, 3.8) is 0 Å². The highest BCUT2D eigenvalue weighted by Gasteiger charge is 2.26. The Labute approximate surface area is 135 Å². The Kier molecular flexibility index (Phi) is 4.35. The van der Waals surface area contributed by atoms with Gasteiger partial charge >= 0.3 is 5.97 Å². The van der Waals surface area contributed by atoms with Gasteiger partial charge in [0.25, 0.3) is 0 Å². The summed E-state index contributed by atoms with van der Waals surface area (Å²) < 4.78 is 11.2. The molecule has 3 atom stereocenters. The van der Waals surface area contributed by atoms with E-state index in [4.69, 9.17) is 9.47 Å². The molecule has 23 heavy (non-hydrogen) atoms. The highest BCUT2D eigenvalue weighted by Crippen LogP contribution is 2.31. The van der Waals surface area contributed by atoms with Gasteiger partial charge in [0.15, 0.2) is 0 Å². The standard InChI is InChI=1S/C19H20O4/c1-12-3-8-18(23-19(12)11-22-13(2)20)16-5-4-15-10-17(21)7-6-14(15)9-16/h3-10,12,18-19,21H,11H2,1-2H3/t12-,18-,19+/m0/s1. The molecule has 2 aromatic rings. The van der Waals surface area contributed by atoms with E-state index in [1.165, 1.54) is 6.92 Å². The predicted octanol–water partition coefficient (Wildman–Crippen LogP) is 3.74. The molecule has 0 unspecified atom stereocenters. The minimum atomic E-state index is -0.294. The van der Waals surface area contributed by atoms with Crippen LogP contribution in [0.1, 0.15) is 25.5 Å². The monoisotopic (exact) mass is 312 g/mol. The van der Waals surface area contributed by atoms with Crippen LogP contribution in [0.15, 0.2) is 48.6 Å². The number of phenols is 1. The summed E-state index contributed by atoms with van der Waals surface area (Å²) >= 11 is 0. The Morgan fingerprint density at radius 3 is 2.70 bits per heavy atom. The molecular formula is C19H20O4. The zero-order valence-corrected chi connectivity index (χ0v) is 13.2. The molecule has 0 bridgehead atoms. The number of carbonyl (C=O) groups excluding carboxylic acids is 1. The van der Waals surface area contributed by atoms with Crippen LogP contribution in [0, 0.1) is 5.92 Å². The van der Waals surface area contributed by atoms with Crippen molar-refractivity contribution in [1.82, 2.24) is 0 Å². The fourth-order valence-electron chi connectivity index (χ4n) is 2.77. The second-order valence-corrected chi connectivity index (χ2v) is 5.93. The Morgan fingerprint density at radius 2 is 1.91 bits per heavy atom. The lowest BCUT2D eigenvalue weighted by atomic mass is 9.96. The number of fused-ring (bicyclic) bond motifs is 1. The van der Waals surface area contributed by atoms with E-state index in [1.54, 1.807) is 12.1 Å². The molecule has 0 fully saturated rings. The zero-order chi connectivity index (χ0) is 16.4. The number of hydrogen-bond acceptors (Lipinski definition) is 4. The molecule has 4 heteroatoms. The first-order valence-electron chi connectivity index (χ1n) is 7.73. The van der Waals surface area contributed by atoms with Gasteiger partial charge in [-0.05, 0) is 34.5 Å². The Morgan fingerprint density at radius 1 is 1.17 bits per heavy atom. The summed E-state index contributed by atoms with van der Waals surface area (Å²) in [5, 5.41) is 11.6. The number of phenolic OH excluding ortho intramolecular Hbond substituents is 1. The first-order chi connectivity index (χ1) is 11.0. The largest absolute Gasteiger partial charge is 0.508 e. The molecule has 1 aliphatic heterocycles. The fraction of sp³-hybridized carbons (Fsp3) is 0.316. The summed E-state index contributed by atoms with van der Waals surface area (Å²) in [6.45, 7) is 3.71. The average Bonchev–Trinajstić information content (AvgIpc) is 2.53. The number of esters is 1. The van der Waals surface area contributed by atoms with Crippen molar-refractivity contribution in [1.29, 1.82) is 0 Å². The van der Waals surface area contributed by atoms with Crippen molar-refractivity contribution < 1.29 is 19.4 Å². The van der Waals surface area contributed by atoms with E-state index >= 15 is 0 Å². The highest BCUT2D eigenvalue weighted by atomic mass is 16.6. The van der Waals surface area contributed by atoms with Crippen molar-refractivity contribution >= 4 is 16.7 Å². The number of rotatable bonds is 3. The number of benzene rings is 2. The normalized spacial score (nSPS) is 23.8. The van der Waals surface area contributed by atoms with E-state index in [2.05, 4.69) is 12.1 Å². The smallest absolute Gasteiger partial charge is 0.302 e. The van der Waals surface area contributed by atoms with Gasteiger partial charge in [0, 0.05) is 12.8 Å². The maximum Gasteiger partial charge on any atom is 0.302 e. The van der Waals surface area contributed by atoms with E-state index in [1.807, 2.05) is 31.2 Å². The summed E-state index contributed by atoms with van der Waals surface area (Å²) in [5.41, 5.74) is 1.04. The summed E-state index contributed by atoms with van der Waals surface area (Å²) in [6.07, 6.45) is 3.83. The second-order valence-electron chi connectivity index (χ2n) is 5.93. The first kappa shape index (κ1) is 15.6. The van der Waals surface area contributed by atoms with Gasteiger partial charge in [0.05, 0.1) is 6.10 Å². The molecule has 1 aliphatic rings. The Balaban J connectivity index is 1.82. The van der Waals surface area contributed by atoms with Gasteiger partial charge in [-0.3, -0.25) is 4.79 Å². The maximum atomic E-state index is 11.0. The van der Waals surface area contributed by atoms with Crippen LogP contribution in [0.3, 0.4) is 0 Å². The molecule has 3 rings (SSSR count). The SMILES string of the molecule is CC(=O)OC[C@H]1O[C@H](c2ccc3cc(O)ccc3c2)C=C[C@@H]1C. The Bertz CT molecular complexity index is 750. The van der Waals surface area contributed by atoms with Crippen molar-refractivity contribution in [3.8, 4) is 5.75 Å². The van der Waals surface area contributed by atoms with Gasteiger partial charge in [-0.25, -0.2) is 0 Å². The quantitative estimate of drug-likeness (QED) is 0.693. The number of ether oxygens (including phenoxy) is 2. The number of hydrogen-bond donors (Lipinski definition) is 1. The molecule has 0 spiro atoms. The summed E-state index contributed by atoms with van der Waals surface area (Å²) in [6, 6.07) is 11.3. The topological polar surface area (TPSA) is 55.8 Å². The van der Waals surface area contributed by atoms with E-state index in [9.17, 15) is 9.90 Å². The lowest BCUT2D eigenvalue weighted by molar-refractivity contribution is -0.148. The Hall–Kier alpha value is -2.33.